The van der Waals surface area contributed by atoms with E-state index in [-0.39, 0.29) is 69.7 Å². The Morgan fingerprint density at radius 1 is 1.05 bits per heavy atom. The molecule has 3 saturated heterocycles. The number of nitriles is 1. The Labute approximate surface area is 384 Å². The number of aromatic nitrogens is 3. The molecule has 6 heterocycles. The zero-order valence-electron chi connectivity index (χ0n) is 37.6. The van der Waals surface area contributed by atoms with Crippen LogP contribution in [0.15, 0.2) is 48.7 Å². The number of hydrogen-bond acceptors (Lipinski definition) is 8. The Kier molecular flexibility index (Phi) is 12.2. The summed E-state index contributed by atoms with van der Waals surface area (Å²) in [6, 6.07) is 14.5. The lowest BCUT2D eigenvalue weighted by Crippen LogP contribution is -2.45. The monoisotopic (exact) mass is 925 g/mol. The van der Waals surface area contributed by atoms with Crippen molar-refractivity contribution in [3.8, 4) is 28.5 Å². The van der Waals surface area contributed by atoms with Crippen LogP contribution in [-0.4, -0.2) is 101 Å². The van der Waals surface area contributed by atoms with E-state index in [1.807, 2.05) is 26.8 Å². The Morgan fingerprint density at radius 2 is 1.81 bits per heavy atom. The van der Waals surface area contributed by atoms with Crippen LogP contribution in [0.1, 0.15) is 80.3 Å². The fraction of sp³-hybridized carbons (Fsp3) is 0.458. The van der Waals surface area contributed by atoms with E-state index < -0.39 is 31.6 Å². The summed E-state index contributed by atoms with van der Waals surface area (Å²) >= 11 is 13.3. The molecule has 9 rings (SSSR count). The largest absolute Gasteiger partial charge is 0.450 e. The number of pyridine rings is 2. The van der Waals surface area contributed by atoms with Crippen LogP contribution in [0.5, 0.6) is 0 Å². The molecule has 4 atom stereocenters. The molecule has 1 saturated carbocycles. The van der Waals surface area contributed by atoms with E-state index in [0.717, 1.165) is 24.6 Å². The Balaban J connectivity index is 1.42. The number of ether oxygens (including phenoxy) is 2. The van der Waals surface area contributed by atoms with Gasteiger partial charge in [0.1, 0.15) is 16.8 Å². The molecule has 0 unspecified atom stereocenters. The zero-order chi connectivity index (χ0) is 46.0. The van der Waals surface area contributed by atoms with Crippen molar-refractivity contribution in [1.82, 2.24) is 29.2 Å². The Hall–Kier alpha value is -5.23. The van der Waals surface area contributed by atoms with Gasteiger partial charge in [-0.25, -0.2) is 19.0 Å². The number of benzene rings is 2. The van der Waals surface area contributed by atoms with E-state index >= 15 is 4.39 Å². The summed E-state index contributed by atoms with van der Waals surface area (Å²) in [6.07, 6.45) is 3.25. The fourth-order valence-corrected chi connectivity index (χ4v) is 10.7. The second-order valence-electron chi connectivity index (χ2n) is 19.6. The van der Waals surface area contributed by atoms with Crippen molar-refractivity contribution in [1.29, 1.82) is 5.26 Å². The van der Waals surface area contributed by atoms with E-state index in [1.165, 1.54) is 4.90 Å². The van der Waals surface area contributed by atoms with E-state index in [0.29, 0.717) is 64.8 Å². The molecule has 0 radical (unpaired) electrons. The molecule has 2 bridgehead atoms. The fourth-order valence-electron chi connectivity index (χ4n) is 9.54. The topological polar surface area (TPSA) is 134 Å². The normalized spacial score (nSPS) is 19.5. The second-order valence-corrected chi connectivity index (χ2v) is 26.0. The molecule has 3 amide bonds. The van der Waals surface area contributed by atoms with E-state index in [1.54, 1.807) is 60.4 Å². The number of carbonyl (C=O) groups is 3. The number of likely N-dealkylation sites (tertiary alicyclic amines) is 1. The second kappa shape index (κ2) is 17.3. The summed E-state index contributed by atoms with van der Waals surface area (Å²) in [5, 5.41) is 11.4. The first-order chi connectivity index (χ1) is 30.3. The highest BCUT2D eigenvalue weighted by Gasteiger charge is 2.57. The van der Waals surface area contributed by atoms with Gasteiger partial charge in [0, 0.05) is 87.0 Å². The summed E-state index contributed by atoms with van der Waals surface area (Å²) in [5.41, 5.74) is 3.16. The van der Waals surface area contributed by atoms with Gasteiger partial charge in [-0.15, -0.1) is 0 Å². The molecule has 4 aliphatic rings. The van der Waals surface area contributed by atoms with Crippen LogP contribution < -0.4 is 0 Å². The van der Waals surface area contributed by atoms with Gasteiger partial charge in [-0.2, -0.15) is 5.26 Å². The van der Waals surface area contributed by atoms with E-state index in [2.05, 4.69) is 41.3 Å². The summed E-state index contributed by atoms with van der Waals surface area (Å²) in [7, 11) is 1.81. The van der Waals surface area contributed by atoms with Crippen molar-refractivity contribution >= 4 is 71.2 Å². The van der Waals surface area contributed by atoms with Crippen LogP contribution in [0.4, 0.5) is 14.0 Å². The molecule has 0 N–H and O–H groups in total. The lowest BCUT2D eigenvalue weighted by atomic mass is 9.79. The van der Waals surface area contributed by atoms with Crippen LogP contribution >= 0.6 is 23.2 Å². The van der Waals surface area contributed by atoms with Gasteiger partial charge in [-0.3, -0.25) is 14.7 Å². The third kappa shape index (κ3) is 8.42. The third-order valence-electron chi connectivity index (χ3n) is 12.6. The van der Waals surface area contributed by atoms with Crippen molar-refractivity contribution in [3.05, 3.63) is 81.5 Å². The minimum absolute atomic E-state index is 0.0301. The summed E-state index contributed by atoms with van der Waals surface area (Å²) < 4.78 is 32.1. The average Bonchev–Trinajstić information content (AvgIpc) is 4.04. The maximum absolute atomic E-state index is 18.0. The molecule has 3 aliphatic heterocycles. The molecule has 0 spiro atoms. The van der Waals surface area contributed by atoms with Crippen molar-refractivity contribution < 1.29 is 28.2 Å². The minimum Gasteiger partial charge on any atom is -0.450 e. The first kappa shape index (κ1) is 45.3. The molecule has 4 fully saturated rings. The first-order valence-electron chi connectivity index (χ1n) is 21.9. The number of carbonyl (C=O) groups excluding carboxylic acids is 3. The highest BCUT2D eigenvalue weighted by atomic mass is 35.5. The van der Waals surface area contributed by atoms with Crippen molar-refractivity contribution in [2.24, 2.45) is 5.92 Å². The number of hydrogen-bond donors (Lipinski definition) is 0. The van der Waals surface area contributed by atoms with Gasteiger partial charge >= 0.3 is 12.2 Å². The number of aryl methyl sites for hydroxylation is 1. The molecular weight excluding hydrogens is 873 g/mol. The predicted octanol–water partition coefficient (Wildman–Crippen LogP) is 11.3. The van der Waals surface area contributed by atoms with Gasteiger partial charge in [0.15, 0.2) is 5.82 Å². The highest BCUT2D eigenvalue weighted by molar-refractivity contribution is 6.76. The smallest absolute Gasteiger partial charge is 0.410 e. The lowest BCUT2D eigenvalue weighted by molar-refractivity contribution is 0.0208. The van der Waals surface area contributed by atoms with Crippen LogP contribution in [0, 0.1) is 23.1 Å². The Morgan fingerprint density at radius 3 is 2.48 bits per heavy atom. The van der Waals surface area contributed by atoms with Gasteiger partial charge in [0.05, 0.1) is 52.1 Å². The SMILES string of the molecule is CN(C)C(=O)c1ccc(-c2nc3c(F)c(-c4cccc(Cl)c4Cl)c(CCC#N)cc3c3c2cc([C@H]2CCCN2C(=O)OCC[Si](C)(C)C)n3[C@H]2[C@@H]3C[C@H]2N(C(=O)OC(C)(C)C)C3)cn1. The molecule has 64 heavy (non-hydrogen) atoms. The molecule has 3 aromatic heterocycles. The quantitative estimate of drug-likeness (QED) is 0.126. The first-order valence-corrected chi connectivity index (χ1v) is 26.4. The van der Waals surface area contributed by atoms with Crippen LogP contribution in [-0.2, 0) is 15.9 Å². The van der Waals surface area contributed by atoms with Crippen molar-refractivity contribution in [2.45, 2.75) is 102 Å². The zero-order valence-corrected chi connectivity index (χ0v) is 40.1. The third-order valence-corrected chi connectivity index (χ3v) is 15.1. The van der Waals surface area contributed by atoms with E-state index in [9.17, 15) is 19.6 Å². The summed E-state index contributed by atoms with van der Waals surface area (Å²) in [6.45, 7) is 13.6. The standard InChI is InChI=1S/C48H54Cl2FN7O5Si/c1-48(2,3)63-47(61)57-26-29-23-37(57)43(29)58-36(35-15-11-19-56(35)46(60)62-20-21-64(6,7)8)24-32-41(28-16-17-34(53-25-28)45(59)55(4)5)54-42-31(44(32)58)22-27(12-10-18-52)38(40(42)51)30-13-9-14-33(49)39(30)50/h9,13-14,16-17,22,24-25,29,35,37,43H,10-12,15,19-21,23,26H2,1-8H3/t29-,35-,37-,43+/m1/s1. The molecular formula is C48H54Cl2FN7O5Si. The number of rotatable bonds is 10. The predicted molar refractivity (Wildman–Crippen MR) is 250 cm³/mol. The van der Waals surface area contributed by atoms with Gasteiger partial charge in [-0.1, -0.05) is 55.0 Å². The Bertz CT molecular complexity index is 2720. The van der Waals surface area contributed by atoms with Crippen LogP contribution in [0.2, 0.25) is 35.7 Å². The number of amides is 3. The van der Waals surface area contributed by atoms with Gasteiger partial charge in [0.25, 0.3) is 5.91 Å². The minimum atomic E-state index is -1.50. The van der Waals surface area contributed by atoms with Crippen molar-refractivity contribution in [3.63, 3.8) is 0 Å². The van der Waals surface area contributed by atoms with Crippen LogP contribution in [0.25, 0.3) is 44.2 Å². The maximum atomic E-state index is 18.0. The lowest BCUT2D eigenvalue weighted by Gasteiger charge is -2.40. The number of fused-ring (bicyclic) bond motifs is 4. The maximum Gasteiger partial charge on any atom is 0.410 e. The number of halogens is 3. The summed E-state index contributed by atoms with van der Waals surface area (Å²) in [4.78, 5) is 55.5. The molecule has 2 aromatic carbocycles. The van der Waals surface area contributed by atoms with Gasteiger partial charge in [0.2, 0.25) is 0 Å². The average molecular weight is 927 g/mol. The van der Waals surface area contributed by atoms with Crippen molar-refractivity contribution in [2.75, 3.05) is 33.8 Å². The molecule has 16 heteroatoms. The van der Waals surface area contributed by atoms with Crippen LogP contribution in [0.3, 0.4) is 0 Å². The molecule has 5 aromatic rings. The van der Waals surface area contributed by atoms with E-state index in [4.69, 9.17) is 37.7 Å². The molecule has 12 nitrogen and oxygen atoms in total. The number of nitrogens with zero attached hydrogens (tertiary/aromatic N) is 7. The molecule has 336 valence electrons. The van der Waals surface area contributed by atoms with Gasteiger partial charge < -0.3 is 23.8 Å². The van der Waals surface area contributed by atoms with Gasteiger partial charge in [-0.05, 0) is 88.4 Å². The highest BCUT2D eigenvalue weighted by Crippen LogP contribution is 2.55. The molecule has 1 aliphatic carbocycles. The summed E-state index contributed by atoms with van der Waals surface area (Å²) in [5.74, 6) is -0.883.